The molecule has 4 heterocycles. The van der Waals surface area contributed by atoms with Crippen LogP contribution < -0.4 is 5.73 Å². The molecule has 142 valence electrons. The molecular formula is C14H20N5O6P. The summed E-state index contributed by atoms with van der Waals surface area (Å²) in [5.41, 5.74) is 6.77. The number of anilines is 1. The van der Waals surface area contributed by atoms with Gasteiger partial charge in [-0.15, -0.1) is 0 Å². The van der Waals surface area contributed by atoms with E-state index in [-0.39, 0.29) is 12.4 Å². The fraction of sp³-hybridized carbons (Fsp3) is 0.643. The van der Waals surface area contributed by atoms with Crippen LogP contribution in [0.15, 0.2) is 12.7 Å². The third-order valence-electron chi connectivity index (χ3n) is 4.41. The third-order valence-corrected chi connectivity index (χ3v) is 5.40. The van der Waals surface area contributed by atoms with E-state index < -0.39 is 32.4 Å². The van der Waals surface area contributed by atoms with E-state index >= 15 is 0 Å². The van der Waals surface area contributed by atoms with Gasteiger partial charge < -0.3 is 20.1 Å². The lowest BCUT2D eigenvalue weighted by Gasteiger charge is -2.29. The Kier molecular flexibility index (Phi) is 4.68. The molecule has 2 fully saturated rings. The summed E-state index contributed by atoms with van der Waals surface area (Å²) in [6.07, 6.45) is 2.11. The summed E-state index contributed by atoms with van der Waals surface area (Å²) in [6, 6.07) is 0. The van der Waals surface area contributed by atoms with Crippen molar-refractivity contribution in [2.75, 3.05) is 18.9 Å². The summed E-state index contributed by atoms with van der Waals surface area (Å²) in [5, 5.41) is 0. The Morgan fingerprint density at radius 1 is 1.46 bits per heavy atom. The second-order valence-electron chi connectivity index (χ2n) is 6.17. The zero-order valence-corrected chi connectivity index (χ0v) is 15.0. The molecule has 11 nitrogen and oxygen atoms in total. The van der Waals surface area contributed by atoms with Crippen molar-refractivity contribution in [2.24, 2.45) is 0 Å². The molecule has 0 saturated carbocycles. The van der Waals surface area contributed by atoms with Crippen LogP contribution in [-0.4, -0.2) is 55.9 Å². The third kappa shape index (κ3) is 3.11. The van der Waals surface area contributed by atoms with Crippen LogP contribution in [0, 0.1) is 0 Å². The number of ether oxygens (including phenoxy) is 2. The predicted octanol–water partition coefficient (Wildman–Crippen LogP) is 1.01. The molecule has 2 aromatic heterocycles. The minimum absolute atomic E-state index is 0.0632. The van der Waals surface area contributed by atoms with Crippen molar-refractivity contribution >= 4 is 24.8 Å². The molecule has 0 bridgehead atoms. The van der Waals surface area contributed by atoms with E-state index in [0.717, 1.165) is 12.8 Å². The number of phosphoric acid groups is 1. The van der Waals surface area contributed by atoms with E-state index in [1.54, 1.807) is 4.57 Å². The van der Waals surface area contributed by atoms with Gasteiger partial charge in [-0.25, -0.2) is 19.5 Å². The van der Waals surface area contributed by atoms with Gasteiger partial charge >= 0.3 is 7.82 Å². The van der Waals surface area contributed by atoms with Gasteiger partial charge in [0.2, 0.25) is 0 Å². The van der Waals surface area contributed by atoms with Crippen LogP contribution in [0.3, 0.4) is 0 Å². The Morgan fingerprint density at radius 2 is 2.31 bits per heavy atom. The molecular weight excluding hydrogens is 365 g/mol. The molecule has 1 unspecified atom stereocenters. The summed E-state index contributed by atoms with van der Waals surface area (Å²) in [4.78, 5) is 22.1. The standard InChI is InChI=1S/C14H20N5O6P/c1-2-3-4-22-11-10-8(5-23-26(20,21)25-10)24-14(11)19-7-18-9-12(15)16-6-17-13(9)19/h6-8,10-11,14H,2-5H2,1H3,(H,20,21)(H2,15,16,17)/t8-,10-,11-,14-/m1/s1. The molecule has 0 aromatic carbocycles. The fourth-order valence-electron chi connectivity index (χ4n) is 3.14. The highest BCUT2D eigenvalue weighted by molar-refractivity contribution is 7.47. The van der Waals surface area contributed by atoms with Crippen LogP contribution >= 0.6 is 7.82 Å². The molecule has 0 amide bonds. The number of unbranched alkanes of at least 4 members (excludes halogenated alkanes) is 1. The van der Waals surface area contributed by atoms with Crippen molar-refractivity contribution in [1.29, 1.82) is 0 Å². The molecule has 5 atom stereocenters. The van der Waals surface area contributed by atoms with Gasteiger partial charge in [-0.3, -0.25) is 13.6 Å². The highest BCUT2D eigenvalue weighted by atomic mass is 31.2. The highest BCUT2D eigenvalue weighted by Gasteiger charge is 2.53. The highest BCUT2D eigenvalue weighted by Crippen LogP contribution is 2.53. The number of nitrogen functional groups attached to an aromatic ring is 1. The smallest absolute Gasteiger partial charge is 0.382 e. The number of imidazole rings is 1. The van der Waals surface area contributed by atoms with Crippen LogP contribution in [0.4, 0.5) is 5.82 Å². The van der Waals surface area contributed by atoms with E-state index in [9.17, 15) is 9.46 Å². The number of hydrogen-bond acceptors (Lipinski definition) is 9. The van der Waals surface area contributed by atoms with Gasteiger partial charge in [0, 0.05) is 6.61 Å². The minimum Gasteiger partial charge on any atom is -0.382 e. The van der Waals surface area contributed by atoms with E-state index in [4.69, 9.17) is 24.3 Å². The number of aromatic nitrogens is 4. The molecule has 0 radical (unpaired) electrons. The second kappa shape index (κ2) is 6.84. The Hall–Kier alpha value is -1.62. The first kappa shape index (κ1) is 17.8. The van der Waals surface area contributed by atoms with Gasteiger partial charge in [0.15, 0.2) is 17.7 Å². The lowest BCUT2D eigenvalue weighted by atomic mass is 10.1. The summed E-state index contributed by atoms with van der Waals surface area (Å²) >= 11 is 0. The molecule has 2 saturated heterocycles. The van der Waals surface area contributed by atoms with Crippen molar-refractivity contribution < 1.29 is 28.0 Å². The van der Waals surface area contributed by atoms with E-state index in [1.807, 2.05) is 6.92 Å². The first-order chi connectivity index (χ1) is 12.5. The largest absolute Gasteiger partial charge is 0.472 e. The SMILES string of the molecule is CCCCO[C@@H]1[C@@H]2OP(=O)(O)OC[C@H]2O[C@H]1n1cnc2c(N)ncnc21. The first-order valence-electron chi connectivity index (χ1n) is 8.36. The number of rotatable bonds is 5. The number of fused-ring (bicyclic) bond motifs is 2. The number of nitrogens with two attached hydrogens (primary N) is 1. The van der Waals surface area contributed by atoms with Crippen molar-refractivity contribution in [2.45, 2.75) is 44.3 Å². The molecule has 2 aromatic rings. The molecule has 2 aliphatic rings. The van der Waals surface area contributed by atoms with E-state index in [0.29, 0.717) is 17.8 Å². The number of nitrogens with zero attached hydrogens (tertiary/aromatic N) is 4. The summed E-state index contributed by atoms with van der Waals surface area (Å²) in [6.45, 7) is 2.45. The molecule has 0 spiro atoms. The lowest BCUT2D eigenvalue weighted by Crippen LogP contribution is -2.40. The van der Waals surface area contributed by atoms with Gasteiger partial charge in [-0.1, -0.05) is 13.3 Å². The van der Waals surface area contributed by atoms with Crippen LogP contribution in [0.1, 0.15) is 26.0 Å². The molecule has 4 rings (SSSR count). The van der Waals surface area contributed by atoms with Crippen LogP contribution in [-0.2, 0) is 23.1 Å². The Bertz CT molecular complexity index is 846. The van der Waals surface area contributed by atoms with E-state index in [2.05, 4.69) is 15.0 Å². The Labute approximate surface area is 149 Å². The van der Waals surface area contributed by atoms with Crippen molar-refractivity contribution in [3.05, 3.63) is 12.7 Å². The van der Waals surface area contributed by atoms with Crippen molar-refractivity contribution in [1.82, 2.24) is 19.5 Å². The monoisotopic (exact) mass is 385 g/mol. The summed E-state index contributed by atoms with van der Waals surface area (Å²) < 4.78 is 35.6. The maximum Gasteiger partial charge on any atom is 0.472 e. The van der Waals surface area contributed by atoms with Gasteiger partial charge in [0.25, 0.3) is 0 Å². The maximum absolute atomic E-state index is 11.8. The number of phosphoric ester groups is 1. The van der Waals surface area contributed by atoms with Crippen LogP contribution in [0.2, 0.25) is 0 Å². The molecule has 3 N–H and O–H groups in total. The summed E-state index contributed by atoms with van der Waals surface area (Å²) in [5.74, 6) is 0.257. The van der Waals surface area contributed by atoms with Gasteiger partial charge in [0.1, 0.15) is 30.2 Å². The van der Waals surface area contributed by atoms with Crippen molar-refractivity contribution in [3.63, 3.8) is 0 Å². The van der Waals surface area contributed by atoms with Gasteiger partial charge in [-0.2, -0.15) is 0 Å². The average Bonchev–Trinajstić information content (AvgIpc) is 3.17. The quantitative estimate of drug-likeness (QED) is 0.565. The zero-order valence-electron chi connectivity index (χ0n) is 14.1. The molecule has 0 aliphatic carbocycles. The molecule has 12 heteroatoms. The summed E-state index contributed by atoms with van der Waals surface area (Å²) in [7, 11) is -4.12. The Balaban J connectivity index is 1.68. The zero-order chi connectivity index (χ0) is 18.3. The van der Waals surface area contributed by atoms with Gasteiger partial charge in [0.05, 0.1) is 12.9 Å². The van der Waals surface area contributed by atoms with Crippen LogP contribution in [0.5, 0.6) is 0 Å². The molecule has 2 aliphatic heterocycles. The maximum atomic E-state index is 11.8. The van der Waals surface area contributed by atoms with Crippen LogP contribution in [0.25, 0.3) is 11.2 Å². The van der Waals surface area contributed by atoms with Gasteiger partial charge in [-0.05, 0) is 6.42 Å². The fourth-order valence-corrected chi connectivity index (χ4v) is 4.10. The molecule has 26 heavy (non-hydrogen) atoms. The number of hydrogen-bond donors (Lipinski definition) is 2. The minimum atomic E-state index is -4.12. The topological polar surface area (TPSA) is 144 Å². The Morgan fingerprint density at radius 3 is 3.12 bits per heavy atom. The predicted molar refractivity (Wildman–Crippen MR) is 88.9 cm³/mol. The first-order valence-corrected chi connectivity index (χ1v) is 9.85. The average molecular weight is 385 g/mol. The van der Waals surface area contributed by atoms with E-state index in [1.165, 1.54) is 12.7 Å². The normalized spacial score (nSPS) is 34.2. The second-order valence-corrected chi connectivity index (χ2v) is 7.58. The lowest BCUT2D eigenvalue weighted by molar-refractivity contribution is -0.0684. The van der Waals surface area contributed by atoms with Crippen molar-refractivity contribution in [3.8, 4) is 0 Å².